The molecule has 0 N–H and O–H groups in total. The molecule has 0 aliphatic heterocycles. The Balaban J connectivity index is 2.38. The number of benzene rings is 1. The van der Waals surface area contributed by atoms with Gasteiger partial charge in [-0.05, 0) is 24.2 Å². The van der Waals surface area contributed by atoms with Crippen molar-refractivity contribution in [2.45, 2.75) is 0 Å². The monoisotopic (exact) mass is 212 g/mol. The Morgan fingerprint density at radius 1 is 1.43 bits per heavy atom. The first-order chi connectivity index (χ1) is 6.86. The van der Waals surface area contributed by atoms with E-state index in [0.717, 1.165) is 6.29 Å². The summed E-state index contributed by atoms with van der Waals surface area (Å²) in [5.41, 5.74) is 0.619. The first kappa shape index (κ1) is 11.1. The summed E-state index contributed by atoms with van der Waals surface area (Å²) in [6.07, 6.45) is 2.65. The number of aldehydes is 1. The third-order valence-electron chi connectivity index (χ3n) is 1.55. The van der Waals surface area contributed by atoms with Crippen molar-refractivity contribution in [1.82, 2.24) is 0 Å². The van der Waals surface area contributed by atoms with Gasteiger partial charge in [0.05, 0.1) is 6.61 Å². The molecule has 0 fully saturated rings. The Hall–Kier alpha value is -1.00. The molecular formula is C10H12O3S. The van der Waals surface area contributed by atoms with E-state index in [1.54, 1.807) is 18.2 Å². The van der Waals surface area contributed by atoms with Crippen LogP contribution in [0.15, 0.2) is 24.3 Å². The molecule has 0 amide bonds. The lowest BCUT2D eigenvalue weighted by molar-refractivity contribution is 0.112. The maximum absolute atomic E-state index is 10.5. The first-order valence-corrected chi connectivity index (χ1v) is 5.35. The molecule has 1 aromatic rings. The highest BCUT2D eigenvalue weighted by molar-refractivity contribution is 7.93. The number of carbonyl (C=O) groups is 1. The van der Waals surface area contributed by atoms with Crippen molar-refractivity contribution in [3.63, 3.8) is 0 Å². The normalized spacial score (nSPS) is 9.79. The fourth-order valence-corrected chi connectivity index (χ4v) is 1.19. The van der Waals surface area contributed by atoms with E-state index < -0.39 is 0 Å². The Bertz CT molecular complexity index is 288. The van der Waals surface area contributed by atoms with Crippen molar-refractivity contribution in [1.29, 1.82) is 0 Å². The molecule has 14 heavy (non-hydrogen) atoms. The molecule has 0 bridgehead atoms. The molecule has 76 valence electrons. The molecule has 0 aromatic heterocycles. The lowest BCUT2D eigenvalue weighted by atomic mass is 10.2. The molecule has 1 rings (SSSR count). The Kier molecular flexibility index (Phi) is 5.11. The van der Waals surface area contributed by atoms with Crippen LogP contribution in [0.3, 0.4) is 0 Å². The fourth-order valence-electron chi connectivity index (χ4n) is 0.955. The third kappa shape index (κ3) is 3.81. The van der Waals surface area contributed by atoms with Gasteiger partial charge in [-0.1, -0.05) is 12.1 Å². The summed E-state index contributed by atoms with van der Waals surface area (Å²) in [5, 5.41) is 0. The minimum absolute atomic E-state index is 0.489. The Labute approximate surface area is 87.6 Å². The molecule has 0 unspecified atom stereocenters. The molecular weight excluding hydrogens is 200 g/mol. The van der Waals surface area contributed by atoms with Crippen LogP contribution in [0.5, 0.6) is 5.75 Å². The summed E-state index contributed by atoms with van der Waals surface area (Å²) in [4.78, 5) is 10.5. The molecule has 1 aromatic carbocycles. The van der Waals surface area contributed by atoms with Crippen molar-refractivity contribution in [3.05, 3.63) is 29.8 Å². The van der Waals surface area contributed by atoms with Crippen LogP contribution in [0, 0.1) is 0 Å². The second-order valence-corrected chi connectivity index (χ2v) is 3.10. The van der Waals surface area contributed by atoms with E-state index in [1.807, 2.05) is 12.3 Å². The minimum Gasteiger partial charge on any atom is -0.491 e. The van der Waals surface area contributed by atoms with Crippen molar-refractivity contribution in [2.75, 3.05) is 19.5 Å². The van der Waals surface area contributed by atoms with Crippen LogP contribution < -0.4 is 4.74 Å². The van der Waals surface area contributed by atoms with Gasteiger partial charge in [-0.25, -0.2) is 0 Å². The summed E-state index contributed by atoms with van der Waals surface area (Å²) in [5.74, 6) is 0.694. The zero-order chi connectivity index (χ0) is 10.2. The number of carbonyl (C=O) groups excluding carboxylic acids is 1. The molecule has 0 saturated heterocycles. The zero-order valence-electron chi connectivity index (χ0n) is 7.93. The Morgan fingerprint density at radius 3 is 3.00 bits per heavy atom. The highest BCUT2D eigenvalue weighted by atomic mass is 32.2. The van der Waals surface area contributed by atoms with Crippen LogP contribution in [0.2, 0.25) is 0 Å². The summed E-state index contributed by atoms with van der Waals surface area (Å²) in [7, 11) is 0. The second-order valence-electron chi connectivity index (χ2n) is 2.53. The van der Waals surface area contributed by atoms with E-state index in [0.29, 0.717) is 24.5 Å². The predicted molar refractivity (Wildman–Crippen MR) is 56.8 cm³/mol. The average molecular weight is 212 g/mol. The van der Waals surface area contributed by atoms with Gasteiger partial charge >= 0.3 is 0 Å². The van der Waals surface area contributed by atoms with Gasteiger partial charge in [0.2, 0.25) is 0 Å². The van der Waals surface area contributed by atoms with Crippen LogP contribution in [-0.4, -0.2) is 25.8 Å². The smallest absolute Gasteiger partial charge is 0.150 e. The van der Waals surface area contributed by atoms with Gasteiger partial charge in [0, 0.05) is 11.8 Å². The Morgan fingerprint density at radius 2 is 2.29 bits per heavy atom. The summed E-state index contributed by atoms with van der Waals surface area (Å²) >= 11 is 1.31. The number of hydrogen-bond donors (Lipinski definition) is 0. The van der Waals surface area contributed by atoms with E-state index >= 15 is 0 Å². The largest absolute Gasteiger partial charge is 0.491 e. The third-order valence-corrected chi connectivity index (χ3v) is 1.95. The molecule has 0 heterocycles. The molecule has 0 saturated carbocycles. The van der Waals surface area contributed by atoms with E-state index in [4.69, 9.17) is 8.92 Å². The van der Waals surface area contributed by atoms with Crippen LogP contribution in [0.1, 0.15) is 10.4 Å². The van der Waals surface area contributed by atoms with Gasteiger partial charge in [-0.2, -0.15) is 0 Å². The van der Waals surface area contributed by atoms with Gasteiger partial charge in [-0.15, -0.1) is 0 Å². The highest BCUT2D eigenvalue weighted by Gasteiger charge is 1.95. The first-order valence-electron chi connectivity index (χ1n) is 4.20. The second kappa shape index (κ2) is 6.45. The number of ether oxygens (including phenoxy) is 1. The number of rotatable bonds is 6. The van der Waals surface area contributed by atoms with Gasteiger partial charge in [0.15, 0.2) is 0 Å². The predicted octanol–water partition coefficient (Wildman–Crippen LogP) is 2.17. The molecule has 0 atom stereocenters. The van der Waals surface area contributed by atoms with Crippen LogP contribution in [0.25, 0.3) is 0 Å². The van der Waals surface area contributed by atoms with E-state index in [1.165, 1.54) is 12.0 Å². The van der Waals surface area contributed by atoms with Crippen molar-refractivity contribution in [2.24, 2.45) is 0 Å². The fraction of sp³-hybridized carbons (Fsp3) is 0.300. The van der Waals surface area contributed by atoms with E-state index in [9.17, 15) is 4.79 Å². The van der Waals surface area contributed by atoms with Crippen LogP contribution in [-0.2, 0) is 4.18 Å². The maximum Gasteiger partial charge on any atom is 0.150 e. The molecule has 0 aliphatic carbocycles. The van der Waals surface area contributed by atoms with Gasteiger partial charge < -0.3 is 8.92 Å². The topological polar surface area (TPSA) is 35.5 Å². The summed E-state index contributed by atoms with van der Waals surface area (Å²) < 4.78 is 10.4. The van der Waals surface area contributed by atoms with Crippen molar-refractivity contribution >= 4 is 18.3 Å². The van der Waals surface area contributed by atoms with E-state index in [2.05, 4.69) is 0 Å². The SMILES string of the molecule is CSOCCOc1cccc(C=O)c1. The van der Waals surface area contributed by atoms with Crippen molar-refractivity contribution in [3.8, 4) is 5.75 Å². The molecule has 0 spiro atoms. The summed E-state index contributed by atoms with van der Waals surface area (Å²) in [6, 6.07) is 7.03. The molecule has 3 nitrogen and oxygen atoms in total. The van der Waals surface area contributed by atoms with E-state index in [-0.39, 0.29) is 0 Å². The van der Waals surface area contributed by atoms with Crippen LogP contribution >= 0.6 is 12.0 Å². The molecule has 4 heteroatoms. The van der Waals surface area contributed by atoms with Crippen LogP contribution in [0.4, 0.5) is 0 Å². The number of hydrogen-bond acceptors (Lipinski definition) is 4. The van der Waals surface area contributed by atoms with Gasteiger partial charge in [0.1, 0.15) is 18.6 Å². The van der Waals surface area contributed by atoms with Gasteiger partial charge in [-0.3, -0.25) is 4.79 Å². The highest BCUT2D eigenvalue weighted by Crippen LogP contribution is 2.11. The minimum atomic E-state index is 0.489. The lowest BCUT2D eigenvalue weighted by Crippen LogP contribution is -2.03. The average Bonchev–Trinajstić information content (AvgIpc) is 2.25. The van der Waals surface area contributed by atoms with Crippen molar-refractivity contribution < 1.29 is 13.7 Å². The quantitative estimate of drug-likeness (QED) is 0.411. The summed E-state index contributed by atoms with van der Waals surface area (Å²) in [6.45, 7) is 1.02. The molecule has 0 radical (unpaired) electrons. The standard InChI is InChI=1S/C10H12O3S/c1-14-13-6-5-12-10-4-2-3-9(7-10)8-11/h2-4,7-8H,5-6H2,1H3. The lowest BCUT2D eigenvalue weighted by Gasteiger charge is -2.05. The zero-order valence-corrected chi connectivity index (χ0v) is 8.75. The maximum atomic E-state index is 10.5. The van der Waals surface area contributed by atoms with Gasteiger partial charge in [0.25, 0.3) is 0 Å². The molecule has 0 aliphatic rings.